The Balaban J connectivity index is 4.24. The Kier molecular flexibility index (Phi) is 7.63. The van der Waals surface area contributed by atoms with Crippen molar-refractivity contribution in [2.24, 2.45) is 5.92 Å². The Morgan fingerprint density at radius 3 is 2.25 bits per heavy atom. The van der Waals surface area contributed by atoms with Gasteiger partial charge in [-0.25, -0.2) is 13.1 Å². The van der Waals surface area contributed by atoms with Crippen LogP contribution >= 0.6 is 11.8 Å². The molecule has 0 amide bonds. The molecule has 98 valence electrons. The standard InChI is InChI=1S/C10H23NO3S2/c1-8(2)5-6-16(13,14)11-9(3)10(7-12)15-4/h8-12H,5-7H2,1-4H3. The third-order valence-electron chi connectivity index (χ3n) is 2.37. The van der Waals surface area contributed by atoms with Crippen LogP contribution in [-0.4, -0.2) is 43.4 Å². The molecule has 0 aromatic heterocycles. The van der Waals surface area contributed by atoms with E-state index < -0.39 is 10.0 Å². The number of nitrogens with one attached hydrogen (secondary N) is 1. The van der Waals surface area contributed by atoms with E-state index in [1.165, 1.54) is 11.8 Å². The van der Waals surface area contributed by atoms with Crippen molar-refractivity contribution in [1.29, 1.82) is 0 Å². The lowest BCUT2D eigenvalue weighted by atomic mass is 10.2. The van der Waals surface area contributed by atoms with E-state index in [0.29, 0.717) is 12.3 Å². The van der Waals surface area contributed by atoms with E-state index in [9.17, 15) is 8.42 Å². The van der Waals surface area contributed by atoms with Crippen LogP contribution < -0.4 is 4.72 Å². The first-order valence-electron chi connectivity index (χ1n) is 5.46. The molecule has 0 aliphatic rings. The van der Waals surface area contributed by atoms with Crippen LogP contribution in [0.25, 0.3) is 0 Å². The van der Waals surface area contributed by atoms with Gasteiger partial charge in [-0.3, -0.25) is 0 Å². The maximum Gasteiger partial charge on any atom is 0.211 e. The summed E-state index contributed by atoms with van der Waals surface area (Å²) in [4.78, 5) is 0. The highest BCUT2D eigenvalue weighted by molar-refractivity contribution is 7.99. The van der Waals surface area contributed by atoms with E-state index in [4.69, 9.17) is 5.11 Å². The molecule has 4 nitrogen and oxygen atoms in total. The molecular formula is C10H23NO3S2. The van der Waals surface area contributed by atoms with Crippen molar-refractivity contribution in [3.8, 4) is 0 Å². The lowest BCUT2D eigenvalue weighted by Gasteiger charge is -2.21. The summed E-state index contributed by atoms with van der Waals surface area (Å²) in [7, 11) is -3.22. The van der Waals surface area contributed by atoms with Gasteiger partial charge in [0.15, 0.2) is 0 Å². The van der Waals surface area contributed by atoms with Gasteiger partial charge in [-0.15, -0.1) is 0 Å². The second-order valence-electron chi connectivity index (χ2n) is 4.36. The summed E-state index contributed by atoms with van der Waals surface area (Å²) < 4.78 is 26.0. The van der Waals surface area contributed by atoms with Crippen LogP contribution in [0.3, 0.4) is 0 Å². The summed E-state index contributed by atoms with van der Waals surface area (Å²) in [6.45, 7) is 5.76. The van der Waals surface area contributed by atoms with Crippen LogP contribution in [-0.2, 0) is 10.0 Å². The fourth-order valence-corrected chi connectivity index (χ4v) is 3.59. The molecule has 0 aromatic carbocycles. The van der Waals surface area contributed by atoms with E-state index >= 15 is 0 Å². The number of thioether (sulfide) groups is 1. The molecule has 0 heterocycles. The minimum absolute atomic E-state index is 0.0188. The molecule has 0 saturated heterocycles. The largest absolute Gasteiger partial charge is 0.395 e. The normalized spacial score (nSPS) is 16.4. The zero-order chi connectivity index (χ0) is 12.8. The smallest absolute Gasteiger partial charge is 0.211 e. The minimum Gasteiger partial charge on any atom is -0.395 e. The van der Waals surface area contributed by atoms with Crippen molar-refractivity contribution < 1.29 is 13.5 Å². The minimum atomic E-state index is -3.22. The number of aliphatic hydroxyl groups excluding tert-OH is 1. The molecule has 16 heavy (non-hydrogen) atoms. The SMILES string of the molecule is CSC(CO)C(C)NS(=O)(=O)CCC(C)C. The molecule has 0 saturated carbocycles. The Bertz CT molecular complexity index is 274. The summed E-state index contributed by atoms with van der Waals surface area (Å²) in [5, 5.41) is 8.97. The summed E-state index contributed by atoms with van der Waals surface area (Å²) in [5.74, 6) is 0.530. The van der Waals surface area contributed by atoms with Crippen LogP contribution in [0.4, 0.5) is 0 Å². The second-order valence-corrected chi connectivity index (χ2v) is 7.31. The molecule has 0 aromatic rings. The van der Waals surface area contributed by atoms with Crippen molar-refractivity contribution in [3.05, 3.63) is 0 Å². The molecule has 0 aliphatic heterocycles. The van der Waals surface area contributed by atoms with Crippen LogP contribution in [0.5, 0.6) is 0 Å². The molecule has 0 bridgehead atoms. The Morgan fingerprint density at radius 2 is 1.88 bits per heavy atom. The van der Waals surface area contributed by atoms with Gasteiger partial charge >= 0.3 is 0 Å². The number of sulfonamides is 1. The molecule has 0 spiro atoms. The lowest BCUT2D eigenvalue weighted by Crippen LogP contribution is -2.42. The average Bonchev–Trinajstić information content (AvgIpc) is 2.16. The Hall–Kier alpha value is 0.220. The zero-order valence-corrected chi connectivity index (χ0v) is 12.1. The zero-order valence-electron chi connectivity index (χ0n) is 10.4. The highest BCUT2D eigenvalue weighted by Gasteiger charge is 2.21. The third-order valence-corrected chi connectivity index (χ3v) is 5.04. The predicted octanol–water partition coefficient (Wildman–Crippen LogP) is 1.06. The van der Waals surface area contributed by atoms with Gasteiger partial charge in [-0.2, -0.15) is 11.8 Å². The maximum absolute atomic E-state index is 11.7. The monoisotopic (exact) mass is 269 g/mol. The fraction of sp³-hybridized carbons (Fsp3) is 1.00. The van der Waals surface area contributed by atoms with E-state index in [2.05, 4.69) is 4.72 Å². The van der Waals surface area contributed by atoms with Crippen LogP contribution in [0, 0.1) is 5.92 Å². The van der Waals surface area contributed by atoms with Crippen molar-refractivity contribution in [1.82, 2.24) is 4.72 Å². The molecule has 0 fully saturated rings. The maximum atomic E-state index is 11.7. The van der Waals surface area contributed by atoms with Gasteiger partial charge < -0.3 is 5.11 Å². The first-order chi connectivity index (χ1) is 7.32. The van der Waals surface area contributed by atoms with Crippen LogP contribution in [0.2, 0.25) is 0 Å². The molecule has 2 atom stereocenters. The van der Waals surface area contributed by atoms with E-state index in [1.54, 1.807) is 6.92 Å². The Morgan fingerprint density at radius 1 is 1.31 bits per heavy atom. The Labute approximate surface area is 103 Å². The second kappa shape index (κ2) is 7.53. The highest BCUT2D eigenvalue weighted by Crippen LogP contribution is 2.11. The van der Waals surface area contributed by atoms with Crippen molar-refractivity contribution in [3.63, 3.8) is 0 Å². The number of hydrogen-bond acceptors (Lipinski definition) is 4. The highest BCUT2D eigenvalue weighted by atomic mass is 32.2. The first kappa shape index (κ1) is 16.2. The third kappa shape index (κ3) is 6.73. The van der Waals surface area contributed by atoms with Gasteiger partial charge in [0.2, 0.25) is 10.0 Å². The van der Waals surface area contributed by atoms with Gasteiger partial charge in [-0.05, 0) is 25.5 Å². The number of hydrogen-bond donors (Lipinski definition) is 2. The van der Waals surface area contributed by atoms with E-state index in [1.807, 2.05) is 20.1 Å². The molecular weight excluding hydrogens is 246 g/mol. The summed E-state index contributed by atoms with van der Waals surface area (Å²) in [5.41, 5.74) is 0. The molecule has 6 heteroatoms. The first-order valence-corrected chi connectivity index (χ1v) is 8.40. The number of rotatable bonds is 8. The quantitative estimate of drug-likeness (QED) is 0.691. The summed E-state index contributed by atoms with van der Waals surface area (Å²) in [6, 6.07) is -0.239. The molecule has 2 N–H and O–H groups in total. The van der Waals surface area contributed by atoms with E-state index in [-0.39, 0.29) is 23.7 Å². The van der Waals surface area contributed by atoms with Gasteiger partial charge in [0.25, 0.3) is 0 Å². The molecule has 0 rings (SSSR count). The predicted molar refractivity (Wildman–Crippen MR) is 70.2 cm³/mol. The lowest BCUT2D eigenvalue weighted by molar-refractivity contribution is 0.282. The molecule has 0 radical (unpaired) electrons. The van der Waals surface area contributed by atoms with Crippen molar-refractivity contribution in [2.75, 3.05) is 18.6 Å². The van der Waals surface area contributed by atoms with Crippen LogP contribution in [0.15, 0.2) is 0 Å². The number of aliphatic hydroxyl groups is 1. The van der Waals surface area contributed by atoms with Crippen molar-refractivity contribution >= 4 is 21.8 Å². The van der Waals surface area contributed by atoms with E-state index in [0.717, 1.165) is 0 Å². The van der Waals surface area contributed by atoms with Gasteiger partial charge in [0, 0.05) is 11.3 Å². The summed E-state index contributed by atoms with van der Waals surface area (Å²) >= 11 is 1.47. The topological polar surface area (TPSA) is 66.4 Å². The molecule has 2 unspecified atom stereocenters. The van der Waals surface area contributed by atoms with Gasteiger partial charge in [-0.1, -0.05) is 13.8 Å². The van der Waals surface area contributed by atoms with Crippen LogP contribution in [0.1, 0.15) is 27.2 Å². The average molecular weight is 269 g/mol. The van der Waals surface area contributed by atoms with Gasteiger partial charge in [0.05, 0.1) is 12.4 Å². The van der Waals surface area contributed by atoms with Gasteiger partial charge in [0.1, 0.15) is 0 Å². The fourth-order valence-electron chi connectivity index (χ4n) is 1.25. The summed E-state index contributed by atoms with van der Waals surface area (Å²) in [6.07, 6.45) is 2.52. The molecule has 0 aliphatic carbocycles. The van der Waals surface area contributed by atoms with Crippen molar-refractivity contribution in [2.45, 2.75) is 38.5 Å².